The van der Waals surface area contributed by atoms with Crippen molar-refractivity contribution in [3.8, 4) is 0 Å². The Morgan fingerprint density at radius 2 is 1.14 bits per heavy atom. The van der Waals surface area contributed by atoms with Gasteiger partial charge in [0, 0.05) is 49.4 Å². The van der Waals surface area contributed by atoms with Crippen LogP contribution in [0.25, 0.3) is 0 Å². The Bertz CT molecular complexity index is 335. The highest BCUT2D eigenvalue weighted by Gasteiger charge is 2.15. The highest BCUT2D eigenvalue weighted by atomic mass is 15.0. The van der Waals surface area contributed by atoms with Crippen molar-refractivity contribution >= 4 is 11.4 Å². The van der Waals surface area contributed by atoms with Crippen LogP contribution in [0, 0.1) is 11.8 Å². The van der Waals surface area contributed by atoms with Gasteiger partial charge in [-0.2, -0.15) is 0 Å². The number of nitrogens with zero attached hydrogens (tertiary/aromatic N) is 2. The van der Waals surface area contributed by atoms with Gasteiger partial charge in [-0.3, -0.25) is 9.98 Å². The van der Waals surface area contributed by atoms with Crippen molar-refractivity contribution in [3.05, 3.63) is 0 Å². The van der Waals surface area contributed by atoms with Crippen LogP contribution in [0.5, 0.6) is 0 Å². The molecule has 0 aliphatic carbocycles. The van der Waals surface area contributed by atoms with Crippen LogP contribution in [0.3, 0.4) is 0 Å². The van der Waals surface area contributed by atoms with Crippen LogP contribution < -0.4 is 10.6 Å². The molecule has 4 heteroatoms. The predicted octanol–water partition coefficient (Wildman–Crippen LogP) is 2.93. The van der Waals surface area contributed by atoms with E-state index in [2.05, 4.69) is 52.2 Å². The van der Waals surface area contributed by atoms with Crippen molar-refractivity contribution in [1.82, 2.24) is 10.6 Å². The van der Waals surface area contributed by atoms with Crippen molar-refractivity contribution in [2.24, 2.45) is 21.8 Å². The lowest BCUT2D eigenvalue weighted by Gasteiger charge is -2.24. The molecular weight excluding hydrogens is 272 g/mol. The molecule has 0 saturated heterocycles. The molecule has 0 aromatic carbocycles. The first-order valence-corrected chi connectivity index (χ1v) is 8.86. The van der Waals surface area contributed by atoms with E-state index >= 15 is 0 Å². The van der Waals surface area contributed by atoms with E-state index in [9.17, 15) is 0 Å². The first kappa shape index (κ1) is 19.3. The smallest absolute Gasteiger partial charge is 0.0513 e. The third-order valence-corrected chi connectivity index (χ3v) is 4.44. The minimum absolute atomic E-state index is 0.499. The highest BCUT2D eigenvalue weighted by molar-refractivity contribution is 5.83. The fourth-order valence-electron chi connectivity index (χ4n) is 2.85. The first-order valence-electron chi connectivity index (χ1n) is 8.86. The summed E-state index contributed by atoms with van der Waals surface area (Å²) in [7, 11) is 0. The van der Waals surface area contributed by atoms with Crippen molar-refractivity contribution in [2.45, 2.75) is 66.5 Å². The molecule has 0 amide bonds. The summed E-state index contributed by atoms with van der Waals surface area (Å²) in [5.74, 6) is 1.23. The molecule has 0 saturated carbocycles. The Morgan fingerprint density at radius 1 is 0.773 bits per heavy atom. The SMILES string of the molecule is CC1=NCCNC(C(C)C)CC(C)=NCCNC(C(C)C)C1. The Labute approximate surface area is 137 Å². The summed E-state index contributed by atoms with van der Waals surface area (Å²) in [6.45, 7) is 17.1. The van der Waals surface area contributed by atoms with Gasteiger partial charge < -0.3 is 10.6 Å². The molecule has 2 atom stereocenters. The zero-order valence-electron chi connectivity index (χ0n) is 15.4. The Hall–Kier alpha value is -0.740. The minimum Gasteiger partial charge on any atom is -0.312 e. The highest BCUT2D eigenvalue weighted by Crippen LogP contribution is 2.09. The monoisotopic (exact) mass is 308 g/mol. The quantitative estimate of drug-likeness (QED) is 0.824. The number of aliphatic imine (C=N–C) groups is 2. The third kappa shape index (κ3) is 7.50. The lowest BCUT2D eigenvalue weighted by Crippen LogP contribution is -2.39. The zero-order chi connectivity index (χ0) is 16.5. The molecule has 4 nitrogen and oxygen atoms in total. The molecule has 2 unspecified atom stereocenters. The van der Waals surface area contributed by atoms with Crippen molar-refractivity contribution < 1.29 is 0 Å². The predicted molar refractivity (Wildman–Crippen MR) is 98.4 cm³/mol. The van der Waals surface area contributed by atoms with Crippen molar-refractivity contribution in [2.75, 3.05) is 26.2 Å². The van der Waals surface area contributed by atoms with Gasteiger partial charge >= 0.3 is 0 Å². The van der Waals surface area contributed by atoms with Gasteiger partial charge in [0.15, 0.2) is 0 Å². The summed E-state index contributed by atoms with van der Waals surface area (Å²) in [5.41, 5.74) is 2.51. The molecular formula is C18H36N4. The van der Waals surface area contributed by atoms with E-state index in [1.54, 1.807) is 0 Å². The molecule has 2 N–H and O–H groups in total. The summed E-state index contributed by atoms with van der Waals surface area (Å²) in [6, 6.07) is 0.997. The van der Waals surface area contributed by atoms with E-state index in [0.29, 0.717) is 23.9 Å². The molecule has 1 rings (SSSR count). The Morgan fingerprint density at radius 3 is 1.45 bits per heavy atom. The van der Waals surface area contributed by atoms with Gasteiger partial charge in [-0.15, -0.1) is 0 Å². The number of hydrogen-bond acceptors (Lipinski definition) is 4. The van der Waals surface area contributed by atoms with Gasteiger partial charge in [0.25, 0.3) is 0 Å². The normalized spacial score (nSPS) is 26.5. The fourth-order valence-corrected chi connectivity index (χ4v) is 2.85. The van der Waals surface area contributed by atoms with Gasteiger partial charge in [-0.25, -0.2) is 0 Å². The molecule has 1 heterocycles. The van der Waals surface area contributed by atoms with Crippen LogP contribution in [-0.4, -0.2) is 49.7 Å². The molecule has 0 aromatic rings. The maximum atomic E-state index is 4.74. The second kappa shape index (κ2) is 10.1. The Balaban J connectivity index is 2.73. The van der Waals surface area contributed by atoms with Crippen LogP contribution in [0.2, 0.25) is 0 Å². The lowest BCUT2D eigenvalue weighted by molar-refractivity contribution is 0.406. The van der Waals surface area contributed by atoms with E-state index in [1.807, 2.05) is 0 Å². The molecule has 0 radical (unpaired) electrons. The van der Waals surface area contributed by atoms with E-state index in [0.717, 1.165) is 39.0 Å². The second-order valence-electron chi connectivity index (χ2n) is 7.25. The molecule has 0 bridgehead atoms. The maximum Gasteiger partial charge on any atom is 0.0513 e. The minimum atomic E-state index is 0.499. The number of nitrogens with one attached hydrogen (secondary N) is 2. The van der Waals surface area contributed by atoms with Crippen molar-refractivity contribution in [3.63, 3.8) is 0 Å². The molecule has 0 fully saturated rings. The number of hydrogen-bond donors (Lipinski definition) is 2. The van der Waals surface area contributed by atoms with Gasteiger partial charge in [0.05, 0.1) is 13.1 Å². The number of rotatable bonds is 2. The standard InChI is InChI=1S/C18H36N4/c1-13(2)17-11-15(5)19-8-10-22-18(14(3)4)12-16(6)20-7-9-21-17/h13-14,17-18,21-22H,7-12H2,1-6H3. The largest absolute Gasteiger partial charge is 0.312 e. The summed E-state index contributed by atoms with van der Waals surface area (Å²) in [6.07, 6.45) is 2.07. The second-order valence-corrected chi connectivity index (χ2v) is 7.25. The van der Waals surface area contributed by atoms with Gasteiger partial charge in [-0.05, 0) is 25.7 Å². The molecule has 0 spiro atoms. The topological polar surface area (TPSA) is 48.8 Å². The van der Waals surface area contributed by atoms with Crippen LogP contribution in [0.4, 0.5) is 0 Å². The van der Waals surface area contributed by atoms with Crippen LogP contribution in [0.1, 0.15) is 54.4 Å². The average molecular weight is 309 g/mol. The van der Waals surface area contributed by atoms with Crippen LogP contribution >= 0.6 is 0 Å². The maximum absolute atomic E-state index is 4.74. The summed E-state index contributed by atoms with van der Waals surface area (Å²) in [4.78, 5) is 9.48. The van der Waals surface area contributed by atoms with Gasteiger partial charge in [0.1, 0.15) is 0 Å². The summed E-state index contributed by atoms with van der Waals surface area (Å²) < 4.78 is 0. The molecule has 128 valence electrons. The summed E-state index contributed by atoms with van der Waals surface area (Å²) in [5, 5.41) is 7.31. The van der Waals surface area contributed by atoms with E-state index in [4.69, 9.17) is 9.98 Å². The molecule has 0 aromatic heterocycles. The summed E-state index contributed by atoms with van der Waals surface area (Å²) >= 11 is 0. The molecule has 1 aliphatic heterocycles. The average Bonchev–Trinajstić information content (AvgIpc) is 2.44. The fraction of sp³-hybridized carbons (Fsp3) is 0.889. The van der Waals surface area contributed by atoms with Gasteiger partial charge in [-0.1, -0.05) is 27.7 Å². The third-order valence-electron chi connectivity index (χ3n) is 4.44. The lowest BCUT2D eigenvalue weighted by atomic mass is 9.98. The first-order chi connectivity index (χ1) is 10.4. The Kier molecular flexibility index (Phi) is 8.88. The van der Waals surface area contributed by atoms with E-state index < -0.39 is 0 Å². The zero-order valence-corrected chi connectivity index (χ0v) is 15.4. The molecule has 1 aliphatic rings. The van der Waals surface area contributed by atoms with Crippen molar-refractivity contribution in [1.29, 1.82) is 0 Å². The van der Waals surface area contributed by atoms with Crippen LogP contribution in [-0.2, 0) is 0 Å². The molecule has 22 heavy (non-hydrogen) atoms. The van der Waals surface area contributed by atoms with E-state index in [1.165, 1.54) is 11.4 Å². The van der Waals surface area contributed by atoms with E-state index in [-0.39, 0.29) is 0 Å². The van der Waals surface area contributed by atoms with Gasteiger partial charge in [0.2, 0.25) is 0 Å². The van der Waals surface area contributed by atoms with Crippen LogP contribution in [0.15, 0.2) is 9.98 Å².